The lowest BCUT2D eigenvalue weighted by Gasteiger charge is -2.11. The molecule has 1 heterocycles. The van der Waals surface area contributed by atoms with Gasteiger partial charge in [-0.1, -0.05) is 6.92 Å². The van der Waals surface area contributed by atoms with Crippen LogP contribution in [0.25, 0.3) is 0 Å². The van der Waals surface area contributed by atoms with Crippen LogP contribution in [-0.2, 0) is 4.74 Å². The number of anilines is 1. The van der Waals surface area contributed by atoms with Crippen molar-refractivity contribution in [2.24, 2.45) is 0 Å². The van der Waals surface area contributed by atoms with Gasteiger partial charge in [-0.25, -0.2) is 9.78 Å². The zero-order valence-electron chi connectivity index (χ0n) is 10.5. The Hall–Kier alpha value is -1.82. The summed E-state index contributed by atoms with van der Waals surface area (Å²) in [5.74, 6) is 0.393. The van der Waals surface area contributed by atoms with Crippen molar-refractivity contribution in [2.75, 3.05) is 18.5 Å². The van der Waals surface area contributed by atoms with E-state index in [4.69, 9.17) is 14.6 Å². The van der Waals surface area contributed by atoms with E-state index < -0.39 is 6.09 Å². The first-order valence-electron chi connectivity index (χ1n) is 5.83. The maximum absolute atomic E-state index is 11.4. The third-order valence-electron chi connectivity index (χ3n) is 2.21. The van der Waals surface area contributed by atoms with E-state index in [9.17, 15) is 4.79 Å². The summed E-state index contributed by atoms with van der Waals surface area (Å²) in [4.78, 5) is 15.4. The summed E-state index contributed by atoms with van der Waals surface area (Å²) in [6.45, 7) is 3.88. The molecule has 6 heteroatoms. The smallest absolute Gasteiger partial charge is 0.411 e. The van der Waals surface area contributed by atoms with Gasteiger partial charge in [0.25, 0.3) is 0 Å². The van der Waals surface area contributed by atoms with Gasteiger partial charge in [-0.3, -0.25) is 5.32 Å². The molecule has 0 aliphatic rings. The van der Waals surface area contributed by atoms with Crippen molar-refractivity contribution >= 4 is 11.8 Å². The van der Waals surface area contributed by atoms with Crippen LogP contribution in [0, 0.1) is 0 Å². The van der Waals surface area contributed by atoms with Gasteiger partial charge in [0, 0.05) is 6.07 Å². The van der Waals surface area contributed by atoms with Crippen molar-refractivity contribution < 1.29 is 19.4 Å². The molecule has 0 fully saturated rings. The number of amides is 1. The Morgan fingerprint density at radius 2 is 2.33 bits per heavy atom. The van der Waals surface area contributed by atoms with E-state index in [0.717, 1.165) is 6.42 Å². The fourth-order valence-electron chi connectivity index (χ4n) is 1.10. The predicted molar refractivity (Wildman–Crippen MR) is 66.7 cm³/mol. The molecule has 0 aliphatic heterocycles. The highest BCUT2D eigenvalue weighted by molar-refractivity contribution is 5.84. The number of aromatic nitrogens is 1. The average Bonchev–Trinajstić information content (AvgIpc) is 2.37. The van der Waals surface area contributed by atoms with Crippen molar-refractivity contribution in [3.8, 4) is 5.88 Å². The molecule has 0 saturated heterocycles. The van der Waals surface area contributed by atoms with Crippen molar-refractivity contribution in [1.29, 1.82) is 0 Å². The molecule has 0 aromatic carbocycles. The second kappa shape index (κ2) is 7.50. The summed E-state index contributed by atoms with van der Waals surface area (Å²) in [6, 6.07) is 3.26. The zero-order chi connectivity index (χ0) is 13.4. The molecular weight excluding hydrogens is 236 g/mol. The second-order valence-corrected chi connectivity index (χ2v) is 3.71. The summed E-state index contributed by atoms with van der Waals surface area (Å²) in [6.07, 6.45) is 1.60. The molecule has 1 aromatic rings. The average molecular weight is 254 g/mol. The monoisotopic (exact) mass is 254 g/mol. The normalized spacial score (nSPS) is 11.7. The number of aliphatic hydroxyl groups is 1. The molecule has 1 aromatic heterocycles. The molecule has 6 nitrogen and oxygen atoms in total. The van der Waals surface area contributed by atoms with Crippen LogP contribution in [0.2, 0.25) is 0 Å². The van der Waals surface area contributed by atoms with E-state index in [1.165, 1.54) is 6.20 Å². The Balaban J connectivity index is 2.45. The fourth-order valence-corrected chi connectivity index (χ4v) is 1.10. The van der Waals surface area contributed by atoms with Crippen LogP contribution >= 0.6 is 0 Å². The number of nitrogens with one attached hydrogen (secondary N) is 1. The van der Waals surface area contributed by atoms with Gasteiger partial charge in [0.2, 0.25) is 5.88 Å². The summed E-state index contributed by atoms with van der Waals surface area (Å²) in [5, 5.41) is 11.1. The van der Waals surface area contributed by atoms with Crippen LogP contribution in [0.3, 0.4) is 0 Å². The number of ether oxygens (including phenoxy) is 2. The highest BCUT2D eigenvalue weighted by Gasteiger charge is 2.07. The third kappa shape index (κ3) is 5.01. The van der Waals surface area contributed by atoms with Gasteiger partial charge >= 0.3 is 6.09 Å². The SMILES string of the molecule is CCC(C)OC(=O)Nc1ccc(OCCO)nc1. The number of carbonyl (C=O) groups is 1. The quantitative estimate of drug-likeness (QED) is 0.809. The van der Waals surface area contributed by atoms with Crippen LogP contribution in [0.15, 0.2) is 18.3 Å². The highest BCUT2D eigenvalue weighted by atomic mass is 16.6. The van der Waals surface area contributed by atoms with Crippen LogP contribution < -0.4 is 10.1 Å². The number of nitrogens with zero attached hydrogens (tertiary/aromatic N) is 1. The lowest BCUT2D eigenvalue weighted by atomic mass is 10.3. The van der Waals surface area contributed by atoms with Gasteiger partial charge < -0.3 is 14.6 Å². The van der Waals surface area contributed by atoms with Gasteiger partial charge in [0.05, 0.1) is 18.5 Å². The van der Waals surface area contributed by atoms with Gasteiger partial charge in [-0.15, -0.1) is 0 Å². The third-order valence-corrected chi connectivity index (χ3v) is 2.21. The molecule has 1 rings (SSSR count). The van der Waals surface area contributed by atoms with E-state index in [1.807, 2.05) is 13.8 Å². The molecule has 0 saturated carbocycles. The minimum absolute atomic E-state index is 0.0666. The topological polar surface area (TPSA) is 80.7 Å². The Morgan fingerprint density at radius 3 is 2.89 bits per heavy atom. The van der Waals surface area contributed by atoms with Crippen molar-refractivity contribution in [3.63, 3.8) is 0 Å². The molecule has 100 valence electrons. The van der Waals surface area contributed by atoms with Crippen LogP contribution in [0.5, 0.6) is 5.88 Å². The Labute approximate surface area is 106 Å². The van der Waals surface area contributed by atoms with Crippen LogP contribution in [0.1, 0.15) is 20.3 Å². The van der Waals surface area contributed by atoms with Crippen molar-refractivity contribution in [1.82, 2.24) is 4.98 Å². The minimum atomic E-state index is -0.504. The zero-order valence-corrected chi connectivity index (χ0v) is 10.5. The standard InChI is InChI=1S/C12H18N2O4/c1-3-9(2)18-12(16)14-10-4-5-11(13-8-10)17-7-6-15/h4-5,8-9,15H,3,6-7H2,1-2H3,(H,14,16). The fraction of sp³-hybridized carbons (Fsp3) is 0.500. The Kier molecular flexibility index (Phi) is 5.93. The summed E-state index contributed by atoms with van der Waals surface area (Å²) in [7, 11) is 0. The molecule has 18 heavy (non-hydrogen) atoms. The van der Waals surface area contributed by atoms with E-state index in [2.05, 4.69) is 10.3 Å². The maximum Gasteiger partial charge on any atom is 0.411 e. The number of carbonyl (C=O) groups excluding carboxylic acids is 1. The number of hydrogen-bond donors (Lipinski definition) is 2. The second-order valence-electron chi connectivity index (χ2n) is 3.71. The van der Waals surface area contributed by atoms with Crippen molar-refractivity contribution in [3.05, 3.63) is 18.3 Å². The van der Waals surface area contributed by atoms with Gasteiger partial charge in [0.1, 0.15) is 12.7 Å². The van der Waals surface area contributed by atoms with Crippen molar-refractivity contribution in [2.45, 2.75) is 26.4 Å². The Morgan fingerprint density at radius 1 is 1.56 bits per heavy atom. The van der Waals surface area contributed by atoms with E-state index >= 15 is 0 Å². The molecule has 0 radical (unpaired) electrons. The molecule has 0 spiro atoms. The summed E-state index contributed by atoms with van der Waals surface area (Å²) in [5.41, 5.74) is 0.527. The summed E-state index contributed by atoms with van der Waals surface area (Å²) < 4.78 is 10.1. The number of aliphatic hydroxyl groups excluding tert-OH is 1. The van der Waals surface area contributed by atoms with Crippen LogP contribution in [-0.4, -0.2) is 35.5 Å². The highest BCUT2D eigenvalue weighted by Crippen LogP contribution is 2.12. The Bertz CT molecular complexity index is 367. The van der Waals surface area contributed by atoms with Gasteiger partial charge in [-0.2, -0.15) is 0 Å². The molecule has 0 bridgehead atoms. The first kappa shape index (κ1) is 14.2. The molecular formula is C12H18N2O4. The number of hydrogen-bond acceptors (Lipinski definition) is 5. The van der Waals surface area contributed by atoms with Gasteiger partial charge in [-0.05, 0) is 19.4 Å². The molecule has 1 unspecified atom stereocenters. The molecule has 1 amide bonds. The first-order valence-corrected chi connectivity index (χ1v) is 5.83. The largest absolute Gasteiger partial charge is 0.475 e. The minimum Gasteiger partial charge on any atom is -0.475 e. The van der Waals surface area contributed by atoms with Crippen LogP contribution in [0.4, 0.5) is 10.5 Å². The summed E-state index contributed by atoms with van der Waals surface area (Å²) >= 11 is 0. The van der Waals surface area contributed by atoms with Gasteiger partial charge in [0.15, 0.2) is 0 Å². The van der Waals surface area contributed by atoms with E-state index in [-0.39, 0.29) is 19.3 Å². The van der Waals surface area contributed by atoms with E-state index in [1.54, 1.807) is 12.1 Å². The molecule has 1 atom stereocenters. The van der Waals surface area contributed by atoms with E-state index in [0.29, 0.717) is 11.6 Å². The first-order chi connectivity index (χ1) is 8.65. The predicted octanol–water partition coefficient (Wildman–Crippen LogP) is 1.80. The lowest BCUT2D eigenvalue weighted by molar-refractivity contribution is 0.118. The lowest BCUT2D eigenvalue weighted by Crippen LogP contribution is -2.19. The number of rotatable bonds is 6. The molecule has 0 aliphatic carbocycles. The number of pyridine rings is 1. The maximum atomic E-state index is 11.4. The molecule has 2 N–H and O–H groups in total.